The SMILES string of the molecule is CSc1ncc(CN(Cc2ccccc2)C(C)=O)c(Nc2cccc(NC(=O)OC(C)(C)C)c2)n1. The van der Waals surface area contributed by atoms with Gasteiger partial charge in [0.25, 0.3) is 0 Å². The molecule has 9 heteroatoms. The van der Waals surface area contributed by atoms with Gasteiger partial charge in [0.1, 0.15) is 11.4 Å². The molecule has 0 spiro atoms. The fourth-order valence-corrected chi connectivity index (χ4v) is 3.57. The van der Waals surface area contributed by atoms with Gasteiger partial charge in [0.2, 0.25) is 5.91 Å². The second kappa shape index (κ2) is 11.7. The summed E-state index contributed by atoms with van der Waals surface area (Å²) in [6.07, 6.45) is 3.12. The molecule has 2 N–H and O–H groups in total. The molecule has 2 aromatic carbocycles. The second-order valence-electron chi connectivity index (χ2n) is 8.92. The molecule has 0 saturated heterocycles. The average molecular weight is 494 g/mol. The van der Waals surface area contributed by atoms with Gasteiger partial charge in [-0.1, -0.05) is 48.2 Å². The van der Waals surface area contributed by atoms with E-state index in [0.29, 0.717) is 29.8 Å². The average Bonchev–Trinajstić information content (AvgIpc) is 2.79. The summed E-state index contributed by atoms with van der Waals surface area (Å²) >= 11 is 1.43. The lowest BCUT2D eigenvalue weighted by Crippen LogP contribution is -2.28. The summed E-state index contributed by atoms with van der Waals surface area (Å²) < 4.78 is 5.33. The van der Waals surface area contributed by atoms with Crippen molar-refractivity contribution in [3.05, 3.63) is 71.9 Å². The molecule has 0 bridgehead atoms. The Hall–Kier alpha value is -3.59. The van der Waals surface area contributed by atoms with Crippen LogP contribution in [-0.4, -0.2) is 38.7 Å². The second-order valence-corrected chi connectivity index (χ2v) is 9.70. The lowest BCUT2D eigenvalue weighted by atomic mass is 10.2. The predicted molar refractivity (Wildman–Crippen MR) is 140 cm³/mol. The van der Waals surface area contributed by atoms with Gasteiger partial charge >= 0.3 is 6.09 Å². The minimum absolute atomic E-state index is 0.0442. The Kier molecular flexibility index (Phi) is 8.70. The zero-order valence-electron chi connectivity index (χ0n) is 20.7. The maximum absolute atomic E-state index is 12.4. The first-order valence-corrected chi connectivity index (χ1v) is 12.4. The fraction of sp³-hybridized carbons (Fsp3) is 0.308. The fourth-order valence-electron chi connectivity index (χ4n) is 3.23. The molecule has 0 aliphatic rings. The Balaban J connectivity index is 1.82. The lowest BCUT2D eigenvalue weighted by molar-refractivity contribution is -0.130. The highest BCUT2D eigenvalue weighted by molar-refractivity contribution is 7.98. The molecule has 35 heavy (non-hydrogen) atoms. The number of hydrogen-bond donors (Lipinski definition) is 2. The number of thioether (sulfide) groups is 1. The zero-order chi connectivity index (χ0) is 25.4. The van der Waals surface area contributed by atoms with Crippen LogP contribution in [0.5, 0.6) is 0 Å². The van der Waals surface area contributed by atoms with Gasteiger partial charge in [0.15, 0.2) is 5.16 Å². The van der Waals surface area contributed by atoms with E-state index in [4.69, 9.17) is 4.74 Å². The first-order chi connectivity index (χ1) is 16.6. The molecule has 0 aliphatic carbocycles. The summed E-state index contributed by atoms with van der Waals surface area (Å²) in [5, 5.41) is 6.68. The monoisotopic (exact) mass is 493 g/mol. The normalized spacial score (nSPS) is 11.0. The van der Waals surface area contributed by atoms with Crippen LogP contribution in [0.1, 0.15) is 38.8 Å². The quantitative estimate of drug-likeness (QED) is 0.301. The molecule has 1 aromatic heterocycles. The van der Waals surface area contributed by atoms with E-state index in [9.17, 15) is 9.59 Å². The van der Waals surface area contributed by atoms with Gasteiger partial charge in [-0.2, -0.15) is 0 Å². The topological polar surface area (TPSA) is 96.5 Å². The van der Waals surface area contributed by atoms with Crippen LogP contribution < -0.4 is 10.6 Å². The van der Waals surface area contributed by atoms with E-state index in [1.807, 2.05) is 69.5 Å². The number of aromatic nitrogens is 2. The van der Waals surface area contributed by atoms with Crippen LogP contribution in [-0.2, 0) is 22.6 Å². The van der Waals surface area contributed by atoms with Crippen LogP contribution in [0.15, 0.2) is 66.0 Å². The number of carbonyl (C=O) groups is 2. The van der Waals surface area contributed by atoms with Gasteiger partial charge in [-0.05, 0) is 50.8 Å². The number of hydrogen-bond acceptors (Lipinski definition) is 7. The summed E-state index contributed by atoms with van der Waals surface area (Å²) in [7, 11) is 0. The highest BCUT2D eigenvalue weighted by Gasteiger charge is 2.17. The van der Waals surface area contributed by atoms with Crippen LogP contribution in [0.4, 0.5) is 22.0 Å². The van der Waals surface area contributed by atoms with Crippen LogP contribution in [0, 0.1) is 0 Å². The predicted octanol–water partition coefficient (Wildman–Crippen LogP) is 5.84. The summed E-state index contributed by atoms with van der Waals surface area (Å²) in [6.45, 7) is 7.82. The highest BCUT2D eigenvalue weighted by atomic mass is 32.2. The molecule has 184 valence electrons. The third kappa shape index (κ3) is 8.29. The van der Waals surface area contributed by atoms with Crippen molar-refractivity contribution in [3.8, 4) is 0 Å². The molecule has 0 aliphatic heterocycles. The molecule has 0 fully saturated rings. The molecule has 3 aromatic rings. The third-order valence-electron chi connectivity index (χ3n) is 4.82. The van der Waals surface area contributed by atoms with Crippen molar-refractivity contribution in [2.45, 2.75) is 51.5 Å². The van der Waals surface area contributed by atoms with E-state index in [1.165, 1.54) is 11.8 Å². The number of nitrogens with one attached hydrogen (secondary N) is 2. The van der Waals surface area contributed by atoms with Gasteiger partial charge in [-0.25, -0.2) is 14.8 Å². The number of amides is 2. The van der Waals surface area contributed by atoms with Gasteiger partial charge < -0.3 is 15.0 Å². The molecule has 0 unspecified atom stereocenters. The maximum Gasteiger partial charge on any atom is 0.412 e. The molecule has 3 rings (SSSR count). The van der Waals surface area contributed by atoms with E-state index in [0.717, 1.165) is 16.8 Å². The lowest BCUT2D eigenvalue weighted by Gasteiger charge is -2.23. The molecule has 0 atom stereocenters. The minimum atomic E-state index is -0.591. The zero-order valence-corrected chi connectivity index (χ0v) is 21.5. The van der Waals surface area contributed by atoms with Crippen molar-refractivity contribution in [2.24, 2.45) is 0 Å². The molecule has 0 radical (unpaired) electrons. The van der Waals surface area contributed by atoms with E-state index < -0.39 is 11.7 Å². The first kappa shape index (κ1) is 26.0. The first-order valence-electron chi connectivity index (χ1n) is 11.2. The van der Waals surface area contributed by atoms with Crippen molar-refractivity contribution in [1.29, 1.82) is 0 Å². The number of carbonyl (C=O) groups excluding carboxylic acids is 2. The Morgan fingerprint density at radius 2 is 1.74 bits per heavy atom. The van der Waals surface area contributed by atoms with Crippen molar-refractivity contribution >= 4 is 41.0 Å². The summed E-state index contributed by atoms with van der Waals surface area (Å²) in [6, 6.07) is 17.1. The van der Waals surface area contributed by atoms with Crippen LogP contribution in [0.2, 0.25) is 0 Å². The van der Waals surface area contributed by atoms with Crippen molar-refractivity contribution in [1.82, 2.24) is 14.9 Å². The van der Waals surface area contributed by atoms with Gasteiger partial charge in [0, 0.05) is 36.6 Å². The maximum atomic E-state index is 12.4. The van der Waals surface area contributed by atoms with Crippen LogP contribution >= 0.6 is 11.8 Å². The van der Waals surface area contributed by atoms with Crippen molar-refractivity contribution < 1.29 is 14.3 Å². The Morgan fingerprint density at radius 1 is 1.03 bits per heavy atom. The Morgan fingerprint density at radius 3 is 2.40 bits per heavy atom. The molecule has 2 amide bonds. The van der Waals surface area contributed by atoms with Gasteiger partial charge in [-0.15, -0.1) is 0 Å². The number of nitrogens with zero attached hydrogens (tertiary/aromatic N) is 3. The van der Waals surface area contributed by atoms with Crippen molar-refractivity contribution in [2.75, 3.05) is 16.9 Å². The largest absolute Gasteiger partial charge is 0.444 e. The van der Waals surface area contributed by atoms with Crippen molar-refractivity contribution in [3.63, 3.8) is 0 Å². The minimum Gasteiger partial charge on any atom is -0.444 e. The molecule has 1 heterocycles. The highest BCUT2D eigenvalue weighted by Crippen LogP contribution is 2.25. The molecular formula is C26H31N5O3S. The smallest absolute Gasteiger partial charge is 0.412 e. The van der Waals surface area contributed by atoms with E-state index in [2.05, 4.69) is 20.6 Å². The summed E-state index contributed by atoms with van der Waals surface area (Å²) in [4.78, 5) is 35.4. The third-order valence-corrected chi connectivity index (χ3v) is 5.38. The van der Waals surface area contributed by atoms with Crippen LogP contribution in [0.3, 0.4) is 0 Å². The summed E-state index contributed by atoms with van der Waals surface area (Å²) in [5.41, 5.74) is 2.54. The molecular weight excluding hydrogens is 462 g/mol. The number of ether oxygens (including phenoxy) is 1. The van der Waals surface area contributed by atoms with Gasteiger partial charge in [0.05, 0.1) is 6.54 Å². The summed E-state index contributed by atoms with van der Waals surface area (Å²) in [5.74, 6) is 0.551. The van der Waals surface area contributed by atoms with Gasteiger partial charge in [-0.3, -0.25) is 10.1 Å². The number of rotatable bonds is 8. The molecule has 0 saturated carbocycles. The van der Waals surface area contributed by atoms with E-state index >= 15 is 0 Å². The standard InChI is InChI=1S/C26H31N5O3S/c1-18(32)31(16-19-10-7-6-8-11-19)17-20-15-27-24(35-5)30-23(20)28-21-12-9-13-22(14-21)29-25(33)34-26(2,3)4/h6-15H,16-17H2,1-5H3,(H,29,33)(H,27,28,30). The van der Waals surface area contributed by atoms with E-state index in [1.54, 1.807) is 30.2 Å². The Labute approximate surface area is 210 Å². The van der Waals surface area contributed by atoms with Crippen LogP contribution in [0.25, 0.3) is 0 Å². The number of anilines is 3. The Bertz CT molecular complexity index is 1170. The van der Waals surface area contributed by atoms with E-state index in [-0.39, 0.29) is 5.91 Å². The number of benzene rings is 2. The molecule has 8 nitrogen and oxygen atoms in total.